The van der Waals surface area contributed by atoms with Crippen LogP contribution >= 0.6 is 0 Å². The molecule has 3 aromatic carbocycles. The van der Waals surface area contributed by atoms with Gasteiger partial charge in [0.2, 0.25) is 0 Å². The average Bonchev–Trinajstić information content (AvgIpc) is 2.95. The van der Waals surface area contributed by atoms with E-state index in [2.05, 4.69) is 21.7 Å². The fourth-order valence-electron chi connectivity index (χ4n) is 4.93. The molecule has 0 atom stereocenters. The van der Waals surface area contributed by atoms with Gasteiger partial charge in [-0.1, -0.05) is 18.2 Å². The highest BCUT2D eigenvalue weighted by Crippen LogP contribution is 2.25. The van der Waals surface area contributed by atoms with Gasteiger partial charge in [0.25, 0.3) is 11.5 Å². The second kappa shape index (κ2) is 11.5. The Labute approximate surface area is 256 Å². The zero-order valence-corrected chi connectivity index (χ0v) is 25.8. The Kier molecular flexibility index (Phi) is 7.91. The van der Waals surface area contributed by atoms with Gasteiger partial charge in [0.1, 0.15) is 11.9 Å². The summed E-state index contributed by atoms with van der Waals surface area (Å²) in [6.45, 7) is 12.0. The van der Waals surface area contributed by atoms with Gasteiger partial charge in [-0.2, -0.15) is 5.26 Å². The minimum Gasteiger partial charge on any atom is -0.444 e. The number of nitrogens with one attached hydrogen (secondary N) is 2. The van der Waals surface area contributed by atoms with Crippen LogP contribution in [0.4, 0.5) is 16.2 Å². The molecule has 4 aromatic rings. The van der Waals surface area contributed by atoms with Gasteiger partial charge in [0.15, 0.2) is 0 Å². The van der Waals surface area contributed by atoms with Crippen LogP contribution in [0.25, 0.3) is 16.6 Å². The predicted octanol–water partition coefficient (Wildman–Crippen LogP) is 5.78. The Morgan fingerprint density at radius 3 is 2.43 bits per heavy atom. The van der Waals surface area contributed by atoms with Crippen LogP contribution in [0, 0.1) is 18.3 Å². The average molecular weight is 593 g/mol. The number of aromatic nitrogens is 2. The molecule has 1 aliphatic heterocycles. The van der Waals surface area contributed by atoms with E-state index in [1.807, 2.05) is 45.9 Å². The maximum Gasteiger partial charge on any atom is 0.410 e. The molecule has 226 valence electrons. The number of nitrogens with zero attached hydrogens (tertiary/aromatic N) is 4. The van der Waals surface area contributed by atoms with E-state index in [9.17, 15) is 19.6 Å². The molecule has 0 saturated carbocycles. The van der Waals surface area contributed by atoms with Crippen LogP contribution in [0.5, 0.6) is 0 Å². The number of amides is 2. The van der Waals surface area contributed by atoms with Crippen LogP contribution in [0.1, 0.15) is 56.1 Å². The predicted molar refractivity (Wildman–Crippen MR) is 170 cm³/mol. The van der Waals surface area contributed by atoms with E-state index in [1.165, 1.54) is 10.9 Å². The van der Waals surface area contributed by atoms with Crippen LogP contribution < -0.4 is 16.2 Å². The van der Waals surface area contributed by atoms with Gasteiger partial charge in [-0.05, 0) is 95.1 Å². The largest absolute Gasteiger partial charge is 0.444 e. The molecule has 1 aromatic heterocycles. The molecular formula is C34H36N6O4. The zero-order chi connectivity index (χ0) is 31.8. The van der Waals surface area contributed by atoms with Gasteiger partial charge < -0.3 is 20.3 Å². The van der Waals surface area contributed by atoms with Crippen molar-refractivity contribution in [3.8, 4) is 11.8 Å². The molecule has 0 unspecified atom stereocenters. The first-order chi connectivity index (χ1) is 20.7. The van der Waals surface area contributed by atoms with E-state index < -0.39 is 11.0 Å². The molecule has 0 radical (unpaired) electrons. The van der Waals surface area contributed by atoms with E-state index in [0.29, 0.717) is 40.9 Å². The number of carbonyl (C=O) groups is 2. The summed E-state index contributed by atoms with van der Waals surface area (Å²) in [5.41, 5.74) is 2.89. The normalized spacial score (nSPS) is 13.6. The van der Waals surface area contributed by atoms with Crippen molar-refractivity contribution >= 4 is 34.3 Å². The van der Waals surface area contributed by atoms with Crippen LogP contribution in [-0.2, 0) is 10.2 Å². The lowest BCUT2D eigenvalue weighted by Crippen LogP contribution is -2.57. The Morgan fingerprint density at radius 2 is 1.73 bits per heavy atom. The van der Waals surface area contributed by atoms with Crippen molar-refractivity contribution < 1.29 is 14.3 Å². The lowest BCUT2D eigenvalue weighted by Gasteiger charge is -2.40. The number of carbonyl (C=O) groups excluding carboxylic acids is 2. The number of benzene rings is 3. The Hall–Kier alpha value is -5.17. The molecule has 1 fully saturated rings. The standard InChI is InChI=1S/C34H36N6O4/c1-21-10-11-25(38-30(41)22-8-7-9-23(14-22)34(5,6)19-35)16-29(21)40-20-36-28-13-12-24(15-27(28)31(40)42)37-26-17-39(18-26)32(43)44-33(2,3)4/h7-16,20,26,37H,17-18H2,1-6H3,(H,38,41). The summed E-state index contributed by atoms with van der Waals surface area (Å²) in [5.74, 6) is -0.323. The first-order valence-electron chi connectivity index (χ1n) is 14.4. The first kappa shape index (κ1) is 30.3. The van der Waals surface area contributed by atoms with E-state index >= 15 is 0 Å². The molecule has 2 N–H and O–H groups in total. The van der Waals surface area contributed by atoms with Crippen molar-refractivity contribution in [2.45, 2.75) is 58.6 Å². The van der Waals surface area contributed by atoms with Crippen molar-refractivity contribution in [2.24, 2.45) is 0 Å². The minimum atomic E-state index is -0.731. The van der Waals surface area contributed by atoms with Crippen LogP contribution in [0.15, 0.2) is 71.8 Å². The smallest absolute Gasteiger partial charge is 0.410 e. The van der Waals surface area contributed by atoms with Gasteiger partial charge in [-0.25, -0.2) is 9.78 Å². The molecule has 1 aliphatic rings. The molecule has 2 heterocycles. The summed E-state index contributed by atoms with van der Waals surface area (Å²) in [7, 11) is 0. The highest BCUT2D eigenvalue weighted by Gasteiger charge is 2.33. The summed E-state index contributed by atoms with van der Waals surface area (Å²) in [4.78, 5) is 45.2. The number of nitriles is 1. The maximum atomic E-state index is 13.7. The van der Waals surface area contributed by atoms with Gasteiger partial charge in [0, 0.05) is 30.0 Å². The van der Waals surface area contributed by atoms with Crippen LogP contribution in [0.2, 0.25) is 0 Å². The summed E-state index contributed by atoms with van der Waals surface area (Å²) in [6.07, 6.45) is 1.15. The van der Waals surface area contributed by atoms with Crippen molar-refractivity contribution in [3.05, 3.63) is 94.0 Å². The summed E-state index contributed by atoms with van der Waals surface area (Å²) in [6, 6.07) is 20.1. The summed E-state index contributed by atoms with van der Waals surface area (Å²) >= 11 is 0. The second-order valence-electron chi connectivity index (χ2n) is 12.7. The number of rotatable bonds is 6. The summed E-state index contributed by atoms with van der Waals surface area (Å²) < 4.78 is 6.90. The quantitative estimate of drug-likeness (QED) is 0.290. The van der Waals surface area contributed by atoms with E-state index in [-0.39, 0.29) is 23.6 Å². The molecule has 0 aliphatic carbocycles. The first-order valence-corrected chi connectivity index (χ1v) is 14.4. The third kappa shape index (κ3) is 6.42. The molecule has 44 heavy (non-hydrogen) atoms. The third-order valence-corrected chi connectivity index (χ3v) is 7.51. The molecule has 5 rings (SSSR count). The number of hydrogen-bond donors (Lipinski definition) is 2. The van der Waals surface area contributed by atoms with Crippen molar-refractivity contribution in [2.75, 3.05) is 23.7 Å². The Balaban J connectivity index is 1.35. The molecule has 2 amide bonds. The van der Waals surface area contributed by atoms with Crippen LogP contribution in [-0.4, -0.2) is 51.2 Å². The minimum absolute atomic E-state index is 0.0353. The topological polar surface area (TPSA) is 129 Å². The number of anilines is 2. The molecule has 10 nitrogen and oxygen atoms in total. The third-order valence-electron chi connectivity index (χ3n) is 7.51. The van der Waals surface area contributed by atoms with E-state index in [1.54, 1.807) is 61.2 Å². The second-order valence-corrected chi connectivity index (χ2v) is 12.7. The number of likely N-dealkylation sites (tertiary alicyclic amines) is 1. The van der Waals surface area contributed by atoms with E-state index in [0.717, 1.165) is 16.8 Å². The summed E-state index contributed by atoms with van der Waals surface area (Å²) in [5, 5.41) is 16.2. The lowest BCUT2D eigenvalue weighted by atomic mass is 9.85. The zero-order valence-electron chi connectivity index (χ0n) is 25.8. The molecule has 10 heteroatoms. The lowest BCUT2D eigenvalue weighted by molar-refractivity contribution is 0.0105. The monoisotopic (exact) mass is 592 g/mol. The van der Waals surface area contributed by atoms with Crippen LogP contribution in [0.3, 0.4) is 0 Å². The highest BCUT2D eigenvalue weighted by atomic mass is 16.6. The fourth-order valence-corrected chi connectivity index (χ4v) is 4.93. The number of hydrogen-bond acceptors (Lipinski definition) is 7. The highest BCUT2D eigenvalue weighted by molar-refractivity contribution is 6.04. The fraction of sp³-hybridized carbons (Fsp3) is 0.324. The van der Waals surface area contributed by atoms with Crippen molar-refractivity contribution in [1.82, 2.24) is 14.5 Å². The number of fused-ring (bicyclic) bond motifs is 1. The van der Waals surface area contributed by atoms with Gasteiger partial charge in [-0.3, -0.25) is 14.2 Å². The molecular weight excluding hydrogens is 556 g/mol. The molecule has 0 bridgehead atoms. The van der Waals surface area contributed by atoms with E-state index in [4.69, 9.17) is 4.74 Å². The maximum absolute atomic E-state index is 13.7. The number of aryl methyl sites for hydroxylation is 1. The Morgan fingerprint density at radius 1 is 1.00 bits per heavy atom. The molecule has 0 spiro atoms. The van der Waals surface area contributed by atoms with Crippen molar-refractivity contribution in [3.63, 3.8) is 0 Å². The molecule has 1 saturated heterocycles. The van der Waals surface area contributed by atoms with Gasteiger partial charge in [-0.15, -0.1) is 0 Å². The number of ether oxygens (including phenoxy) is 1. The Bertz CT molecular complexity index is 1860. The van der Waals surface area contributed by atoms with Gasteiger partial charge >= 0.3 is 6.09 Å². The SMILES string of the molecule is Cc1ccc(NC(=O)c2cccc(C(C)(C)C#N)c2)cc1-n1cnc2ccc(NC3CN(C(=O)OC(C)(C)C)C3)cc2c1=O. The van der Waals surface area contributed by atoms with Gasteiger partial charge in [0.05, 0.1) is 34.1 Å². The van der Waals surface area contributed by atoms with Crippen molar-refractivity contribution in [1.29, 1.82) is 5.26 Å².